The molecule has 1 heterocycles. The number of hydrogen-bond donors (Lipinski definition) is 1. The Bertz CT molecular complexity index is 1100. The Labute approximate surface area is 218 Å². The van der Waals surface area contributed by atoms with Gasteiger partial charge in [0.2, 0.25) is 0 Å². The molecule has 1 fully saturated rings. The van der Waals surface area contributed by atoms with Crippen LogP contribution >= 0.6 is 0 Å². The highest BCUT2D eigenvalue weighted by Crippen LogP contribution is 2.52. The van der Waals surface area contributed by atoms with E-state index in [9.17, 15) is 5.26 Å². The minimum Gasteiger partial charge on any atom is -0.366 e. The van der Waals surface area contributed by atoms with Crippen LogP contribution in [0, 0.1) is 0 Å². The van der Waals surface area contributed by atoms with Gasteiger partial charge in [-0.15, -0.1) is 0 Å². The molecule has 1 aliphatic rings. The minimum absolute atomic E-state index is 0.728. The summed E-state index contributed by atoms with van der Waals surface area (Å²) in [6, 6.07) is 39.2. The summed E-state index contributed by atoms with van der Waals surface area (Å²) < 4.78 is 19.9. The van der Waals surface area contributed by atoms with Gasteiger partial charge in [-0.05, 0) is 36.1 Å². The molecule has 4 aromatic carbocycles. The van der Waals surface area contributed by atoms with Crippen molar-refractivity contribution in [3.8, 4) is 0 Å². The number of methoxy groups -OCH3 is 1. The van der Waals surface area contributed by atoms with Gasteiger partial charge in [-0.3, -0.25) is 5.26 Å². The minimum atomic E-state index is -1.42. The topological polar surface area (TPSA) is 57.2 Å². The van der Waals surface area contributed by atoms with Crippen LogP contribution in [-0.2, 0) is 30.3 Å². The van der Waals surface area contributed by atoms with Gasteiger partial charge < -0.3 is 14.2 Å². The van der Waals surface area contributed by atoms with E-state index in [4.69, 9.17) is 19.1 Å². The summed E-state index contributed by atoms with van der Waals surface area (Å²) in [5.74, 6) is -1.00. The van der Waals surface area contributed by atoms with Gasteiger partial charge in [-0.2, -0.15) is 0 Å². The summed E-state index contributed by atoms with van der Waals surface area (Å²) in [5, 5.41) is 10.8. The highest BCUT2D eigenvalue weighted by molar-refractivity contribution is 5.44. The number of benzene rings is 4. The molecule has 0 aromatic heterocycles. The molecular weight excluding hydrogens is 464 g/mol. The van der Waals surface area contributed by atoms with E-state index >= 15 is 0 Å². The fourth-order valence-electron chi connectivity index (χ4n) is 5.60. The zero-order valence-electron chi connectivity index (χ0n) is 21.3. The SMILES string of the molecule is COC(c1ccccc1)(c1ccccc1)[C@@H]1OC(C)(C)O[C@H]1C(OO)(c1ccccc1)c1ccccc1. The Morgan fingerprint density at radius 2 is 0.865 bits per heavy atom. The summed E-state index contributed by atoms with van der Waals surface area (Å²) in [6.45, 7) is 3.74. The second-order valence-corrected chi connectivity index (χ2v) is 9.71. The Balaban J connectivity index is 1.81. The monoisotopic (exact) mass is 496 g/mol. The van der Waals surface area contributed by atoms with E-state index in [1.165, 1.54) is 0 Å². The van der Waals surface area contributed by atoms with Crippen molar-refractivity contribution in [3.63, 3.8) is 0 Å². The summed E-state index contributed by atoms with van der Waals surface area (Å²) in [6.07, 6.45) is -1.55. The van der Waals surface area contributed by atoms with Gasteiger partial charge in [0.1, 0.15) is 17.8 Å². The van der Waals surface area contributed by atoms with E-state index in [1.807, 2.05) is 135 Å². The lowest BCUT2D eigenvalue weighted by atomic mass is 9.72. The van der Waals surface area contributed by atoms with E-state index in [1.54, 1.807) is 7.11 Å². The maximum absolute atomic E-state index is 10.8. The fraction of sp³-hybridized carbons (Fsp3) is 0.250. The lowest BCUT2D eigenvalue weighted by Crippen LogP contribution is -2.56. The number of ether oxygens (including phenoxy) is 3. The molecule has 0 bridgehead atoms. The van der Waals surface area contributed by atoms with Crippen molar-refractivity contribution >= 4 is 0 Å². The van der Waals surface area contributed by atoms with Crippen LogP contribution < -0.4 is 0 Å². The van der Waals surface area contributed by atoms with Crippen molar-refractivity contribution in [1.82, 2.24) is 0 Å². The van der Waals surface area contributed by atoms with Gasteiger partial charge in [0.15, 0.2) is 11.4 Å². The Kier molecular flexibility index (Phi) is 6.99. The Morgan fingerprint density at radius 1 is 0.568 bits per heavy atom. The summed E-state index contributed by atoms with van der Waals surface area (Å²) in [7, 11) is 1.68. The maximum Gasteiger partial charge on any atom is 0.182 e. The molecule has 0 saturated carbocycles. The molecule has 0 amide bonds. The second kappa shape index (κ2) is 10.2. The molecule has 37 heavy (non-hydrogen) atoms. The smallest absolute Gasteiger partial charge is 0.182 e. The van der Waals surface area contributed by atoms with E-state index in [2.05, 4.69) is 0 Å². The molecule has 5 heteroatoms. The highest BCUT2D eigenvalue weighted by Gasteiger charge is 2.63. The quantitative estimate of drug-likeness (QED) is 0.222. The van der Waals surface area contributed by atoms with Gasteiger partial charge in [0, 0.05) is 7.11 Å². The molecule has 0 unspecified atom stereocenters. The molecule has 1 N–H and O–H groups in total. The molecule has 190 valence electrons. The molecule has 5 nitrogen and oxygen atoms in total. The van der Waals surface area contributed by atoms with Crippen molar-refractivity contribution in [2.45, 2.75) is 43.0 Å². The summed E-state index contributed by atoms with van der Waals surface area (Å²) in [5.41, 5.74) is 0.737. The molecule has 1 aliphatic heterocycles. The lowest BCUT2D eigenvalue weighted by molar-refractivity contribution is -0.344. The molecule has 5 rings (SSSR count). The van der Waals surface area contributed by atoms with Crippen LogP contribution in [0.5, 0.6) is 0 Å². The van der Waals surface area contributed by atoms with Crippen LogP contribution in [0.1, 0.15) is 36.1 Å². The summed E-state index contributed by atoms with van der Waals surface area (Å²) >= 11 is 0. The Morgan fingerprint density at radius 3 is 1.16 bits per heavy atom. The molecule has 0 radical (unpaired) electrons. The lowest BCUT2D eigenvalue weighted by Gasteiger charge is -2.45. The number of rotatable bonds is 8. The number of hydrogen-bond acceptors (Lipinski definition) is 5. The normalized spacial score (nSPS) is 19.6. The first-order chi connectivity index (χ1) is 18.0. The predicted octanol–water partition coefficient (Wildman–Crippen LogP) is 6.53. The van der Waals surface area contributed by atoms with Gasteiger partial charge in [-0.1, -0.05) is 121 Å². The first-order valence-electron chi connectivity index (χ1n) is 12.4. The maximum atomic E-state index is 10.8. The van der Waals surface area contributed by atoms with Crippen LogP contribution in [-0.4, -0.2) is 30.4 Å². The molecule has 0 aliphatic carbocycles. The molecule has 4 aromatic rings. The standard InChI is InChI=1S/C32H32O5/c1-30(2)35-28(31(34-3,24-16-8-4-9-17-24)25-18-10-5-11-19-25)29(36-30)32(37-33,26-20-12-6-13-21-26)27-22-14-7-15-23-27/h4-23,28-29,33H,1-3H3/t28-,29-/m1/s1. The average Bonchev–Trinajstić information content (AvgIpc) is 3.28. The zero-order chi connectivity index (χ0) is 25.9. The molecule has 2 atom stereocenters. The average molecular weight is 497 g/mol. The van der Waals surface area contributed by atoms with Crippen molar-refractivity contribution in [3.05, 3.63) is 144 Å². The van der Waals surface area contributed by atoms with Crippen molar-refractivity contribution < 1.29 is 24.4 Å². The van der Waals surface area contributed by atoms with Crippen LogP contribution in [0.3, 0.4) is 0 Å². The third-order valence-electron chi connectivity index (χ3n) is 7.17. The molecular formula is C32H32O5. The van der Waals surface area contributed by atoms with E-state index < -0.39 is 29.2 Å². The zero-order valence-corrected chi connectivity index (χ0v) is 21.3. The van der Waals surface area contributed by atoms with Crippen molar-refractivity contribution in [2.75, 3.05) is 7.11 Å². The summed E-state index contributed by atoms with van der Waals surface area (Å²) in [4.78, 5) is 5.57. The van der Waals surface area contributed by atoms with Gasteiger partial charge >= 0.3 is 0 Å². The van der Waals surface area contributed by atoms with Crippen LogP contribution in [0.4, 0.5) is 0 Å². The molecule has 0 spiro atoms. The first kappa shape index (κ1) is 25.3. The van der Waals surface area contributed by atoms with E-state index in [0.29, 0.717) is 0 Å². The van der Waals surface area contributed by atoms with Crippen LogP contribution in [0.25, 0.3) is 0 Å². The Hall–Kier alpha value is -3.32. The largest absolute Gasteiger partial charge is 0.366 e. The van der Waals surface area contributed by atoms with Gasteiger partial charge in [-0.25, -0.2) is 4.89 Å². The van der Waals surface area contributed by atoms with Gasteiger partial charge in [0.25, 0.3) is 0 Å². The van der Waals surface area contributed by atoms with Crippen LogP contribution in [0.2, 0.25) is 0 Å². The second-order valence-electron chi connectivity index (χ2n) is 9.71. The van der Waals surface area contributed by atoms with Gasteiger partial charge in [0.05, 0.1) is 0 Å². The van der Waals surface area contributed by atoms with Crippen molar-refractivity contribution in [1.29, 1.82) is 0 Å². The van der Waals surface area contributed by atoms with Crippen LogP contribution in [0.15, 0.2) is 121 Å². The molecule has 1 saturated heterocycles. The van der Waals surface area contributed by atoms with Crippen molar-refractivity contribution in [2.24, 2.45) is 0 Å². The first-order valence-corrected chi connectivity index (χ1v) is 12.4. The van der Waals surface area contributed by atoms with E-state index in [0.717, 1.165) is 22.3 Å². The third-order valence-corrected chi connectivity index (χ3v) is 7.17. The fourth-order valence-corrected chi connectivity index (χ4v) is 5.60. The third kappa shape index (κ3) is 4.29. The van der Waals surface area contributed by atoms with E-state index in [-0.39, 0.29) is 0 Å². The highest BCUT2D eigenvalue weighted by atomic mass is 17.1. The predicted molar refractivity (Wildman–Crippen MR) is 142 cm³/mol.